The highest BCUT2D eigenvalue weighted by molar-refractivity contribution is 6.06. The summed E-state index contributed by atoms with van der Waals surface area (Å²) >= 11 is 0. The Bertz CT molecular complexity index is 5780. The molecule has 0 radical (unpaired) electrons. The maximum Gasteiger partial charge on any atom is 0.280 e. The van der Waals surface area contributed by atoms with Gasteiger partial charge in [0.25, 0.3) is 22.2 Å². The van der Waals surface area contributed by atoms with Gasteiger partial charge in [0, 0.05) is 46.3 Å². The highest BCUT2D eigenvalue weighted by Gasteiger charge is 2.18. The van der Waals surface area contributed by atoms with Crippen molar-refractivity contribution in [1.82, 2.24) is 59.1 Å². The molecule has 462 valence electrons. The van der Waals surface area contributed by atoms with Crippen LogP contribution in [-0.2, 0) is 26.4 Å². The van der Waals surface area contributed by atoms with E-state index in [1.807, 2.05) is 198 Å². The van der Waals surface area contributed by atoms with Crippen LogP contribution in [0.25, 0.3) is 110 Å². The fourth-order valence-electron chi connectivity index (χ4n) is 11.6. The van der Waals surface area contributed by atoms with Gasteiger partial charge in [-0.25, -0.2) is 18.7 Å². The van der Waals surface area contributed by atoms with Crippen molar-refractivity contribution >= 4 is 87.2 Å². The molecule has 0 saturated heterocycles. The molecule has 20 nitrogen and oxygen atoms in total. The number of H-pyrrole nitrogens is 4. The molecule has 0 amide bonds. The van der Waals surface area contributed by atoms with Crippen LogP contribution in [0.4, 0.5) is 0 Å². The summed E-state index contributed by atoms with van der Waals surface area (Å²) in [6, 6.07) is 51.3. The molecule has 8 aromatic heterocycles. The molecule has 93 heavy (non-hydrogen) atoms. The van der Waals surface area contributed by atoms with E-state index in [1.54, 1.807) is 29.5 Å². The van der Waals surface area contributed by atoms with Gasteiger partial charge in [-0.2, -0.15) is 0 Å². The second-order valence-electron chi connectivity index (χ2n) is 22.9. The smallest absolute Gasteiger partial charge is 0.280 e. The fourth-order valence-corrected chi connectivity index (χ4v) is 11.6. The molecular weight excluding hydrogens is 1170 g/mol. The Hall–Kier alpha value is -11.7. The first kappa shape index (κ1) is 60.2. The first-order valence-corrected chi connectivity index (χ1v) is 29.9. The van der Waals surface area contributed by atoms with Gasteiger partial charge < -0.3 is 20.4 Å². The van der Waals surface area contributed by atoms with E-state index in [0.29, 0.717) is 21.5 Å². The number of aryl methyl sites for hydroxylation is 5. The van der Waals surface area contributed by atoms with E-state index >= 15 is 0 Å². The van der Waals surface area contributed by atoms with E-state index in [2.05, 4.69) is 40.3 Å². The average Bonchev–Trinajstić information content (AvgIpc) is 1.67. The SMILES string of the molecule is Cc1c(CO)ccc2c1ncc1c(=O)n(-c3ccccc3)[nH]c12.Cc1ccc(-n2[nH]c3c(cnc4c(C)c(CO)ccc43)c2=O)cc1.Cc1ccc(-n2[nH]c3c(cnc4cc(CO)ccc43)c2=O)cc1.Cc1ccc(-n2[nH]c3c(cnc4ccc(CO)cc43)c2=O)cc1. The highest BCUT2D eigenvalue weighted by Crippen LogP contribution is 2.29. The summed E-state index contributed by atoms with van der Waals surface area (Å²) in [5, 5.41) is 55.8. The van der Waals surface area contributed by atoms with Gasteiger partial charge in [0.15, 0.2) is 0 Å². The Morgan fingerprint density at radius 2 is 0.667 bits per heavy atom. The summed E-state index contributed by atoms with van der Waals surface area (Å²) in [7, 11) is 0. The van der Waals surface area contributed by atoms with Crippen LogP contribution < -0.4 is 22.2 Å². The van der Waals surface area contributed by atoms with E-state index in [-0.39, 0.29) is 48.7 Å². The lowest BCUT2D eigenvalue weighted by molar-refractivity contribution is 0.281. The van der Waals surface area contributed by atoms with Crippen LogP contribution >= 0.6 is 0 Å². The van der Waals surface area contributed by atoms with E-state index in [9.17, 15) is 39.6 Å². The second-order valence-corrected chi connectivity index (χ2v) is 22.9. The number of hydrogen-bond acceptors (Lipinski definition) is 12. The largest absolute Gasteiger partial charge is 0.392 e. The van der Waals surface area contributed by atoms with Gasteiger partial charge in [0.1, 0.15) is 0 Å². The summed E-state index contributed by atoms with van der Waals surface area (Å²) < 4.78 is 6.13. The monoisotopic (exact) mass is 1230 g/mol. The zero-order chi connectivity index (χ0) is 64.8. The number of nitrogens with one attached hydrogen (secondary N) is 4. The first-order chi connectivity index (χ1) is 45.1. The minimum absolute atomic E-state index is 0.0248. The van der Waals surface area contributed by atoms with Crippen molar-refractivity contribution in [3.63, 3.8) is 0 Å². The van der Waals surface area contributed by atoms with Gasteiger partial charge in [0.2, 0.25) is 0 Å². The van der Waals surface area contributed by atoms with Gasteiger partial charge in [0.05, 0.1) is 115 Å². The van der Waals surface area contributed by atoms with Crippen molar-refractivity contribution in [3.05, 3.63) is 280 Å². The van der Waals surface area contributed by atoms with Crippen molar-refractivity contribution in [2.24, 2.45) is 0 Å². The van der Waals surface area contributed by atoms with Crippen LogP contribution in [0.1, 0.15) is 50.1 Å². The zero-order valence-corrected chi connectivity index (χ0v) is 51.2. The number of para-hydroxylation sites is 1. The molecule has 0 aliphatic rings. The number of aliphatic hydroxyl groups excluding tert-OH is 4. The molecule has 16 aromatic rings. The van der Waals surface area contributed by atoms with Gasteiger partial charge in [-0.3, -0.25) is 59.5 Å². The highest BCUT2D eigenvalue weighted by atomic mass is 16.3. The lowest BCUT2D eigenvalue weighted by atomic mass is 10.0. The van der Waals surface area contributed by atoms with Gasteiger partial charge in [-0.1, -0.05) is 114 Å². The lowest BCUT2D eigenvalue weighted by Crippen LogP contribution is -2.14. The van der Waals surface area contributed by atoms with E-state index < -0.39 is 0 Å². The van der Waals surface area contributed by atoms with Crippen molar-refractivity contribution in [3.8, 4) is 22.7 Å². The average molecular weight is 1240 g/mol. The number of nitrogens with zero attached hydrogens (tertiary/aromatic N) is 8. The lowest BCUT2D eigenvalue weighted by Gasteiger charge is -2.06. The molecule has 20 heteroatoms. The Balaban J connectivity index is 0.000000113. The summed E-state index contributed by atoms with van der Waals surface area (Å²) in [6.45, 7) is 9.76. The Labute approximate surface area is 528 Å². The predicted molar refractivity (Wildman–Crippen MR) is 364 cm³/mol. The molecule has 8 heterocycles. The maximum absolute atomic E-state index is 12.7. The second kappa shape index (κ2) is 24.9. The number of aromatic nitrogens is 12. The van der Waals surface area contributed by atoms with Crippen LogP contribution in [0, 0.1) is 34.6 Å². The number of benzene rings is 8. The van der Waals surface area contributed by atoms with Crippen LogP contribution in [0.5, 0.6) is 0 Å². The third-order valence-corrected chi connectivity index (χ3v) is 16.9. The van der Waals surface area contributed by atoms with Gasteiger partial charge >= 0.3 is 0 Å². The summed E-state index contributed by atoms with van der Waals surface area (Å²) in [5.74, 6) is 0. The zero-order valence-electron chi connectivity index (χ0n) is 51.2. The third kappa shape index (κ3) is 11.1. The molecule has 16 rings (SSSR count). The van der Waals surface area contributed by atoms with Crippen LogP contribution in [0.3, 0.4) is 0 Å². The molecule has 8 N–H and O–H groups in total. The topological polar surface area (TPSA) is 284 Å². The number of hydrogen-bond donors (Lipinski definition) is 8. The van der Waals surface area contributed by atoms with Crippen LogP contribution in [-0.4, -0.2) is 79.5 Å². The first-order valence-electron chi connectivity index (χ1n) is 29.9. The van der Waals surface area contributed by atoms with Crippen LogP contribution in [0.2, 0.25) is 0 Å². The van der Waals surface area contributed by atoms with Gasteiger partial charge in [-0.05, 0) is 135 Å². The number of aromatic amines is 4. The Morgan fingerprint density at radius 3 is 1.08 bits per heavy atom. The van der Waals surface area contributed by atoms with E-state index in [0.717, 1.165) is 138 Å². The van der Waals surface area contributed by atoms with Crippen LogP contribution in [0.15, 0.2) is 208 Å². The van der Waals surface area contributed by atoms with E-state index in [4.69, 9.17) is 0 Å². The molecule has 0 saturated carbocycles. The van der Waals surface area contributed by atoms with Crippen molar-refractivity contribution in [1.29, 1.82) is 0 Å². The molecule has 0 bridgehead atoms. The maximum atomic E-state index is 12.7. The Morgan fingerprint density at radius 1 is 0.323 bits per heavy atom. The standard InChI is InChI=1S/C19H17N3O2.3C18H15N3O2/c1-11-3-6-14(7-4-11)22-19(24)16-9-20-17-12(2)13(10-23)5-8-15(17)18(16)21-22;1-11-2-5-13(6-3-11)21-18(23)15-9-19-16-7-4-12(10-22)8-14(16)17(15)20-21;1-11-2-5-13(6-3-11)21-18(23)15-9-19-16-8-12(10-22)4-7-14(16)17(15)20-21;1-11-12(10-22)7-8-14-16(11)19-9-15-17(14)20-21(18(15)23)13-5-3-2-4-6-13/h3-9,21,23H,10H2,1-2H3;3*2-9,20,22H,10H2,1H3. The third-order valence-electron chi connectivity index (χ3n) is 16.9. The number of fused-ring (bicyclic) bond motifs is 12. The molecular formula is C73H62N12O8. The van der Waals surface area contributed by atoms with Crippen molar-refractivity contribution in [2.75, 3.05) is 0 Å². The fraction of sp³-hybridized carbons (Fsp3) is 0.123. The number of aliphatic hydroxyl groups is 4. The molecule has 0 spiro atoms. The molecule has 0 unspecified atom stereocenters. The molecule has 0 atom stereocenters. The van der Waals surface area contributed by atoms with Crippen molar-refractivity contribution < 1.29 is 20.4 Å². The summed E-state index contributed by atoms with van der Waals surface area (Å²) in [5.41, 5.74) is 17.3. The molecule has 0 aliphatic carbocycles. The predicted octanol–water partition coefficient (Wildman–Crippen LogP) is 11.0. The number of rotatable bonds is 8. The quantitative estimate of drug-likeness (QED) is 0.0705. The van der Waals surface area contributed by atoms with E-state index in [1.165, 1.54) is 14.0 Å². The normalized spacial score (nSPS) is 11.4. The minimum Gasteiger partial charge on any atom is -0.392 e. The minimum atomic E-state index is -0.132. The number of pyridine rings is 4. The Kier molecular flexibility index (Phi) is 16.2. The molecule has 8 aromatic carbocycles. The van der Waals surface area contributed by atoms with Crippen molar-refractivity contribution in [2.45, 2.75) is 61.0 Å². The van der Waals surface area contributed by atoms with Gasteiger partial charge in [-0.15, -0.1) is 0 Å². The molecule has 0 aliphatic heterocycles. The summed E-state index contributed by atoms with van der Waals surface area (Å²) in [4.78, 5) is 68.2. The summed E-state index contributed by atoms with van der Waals surface area (Å²) in [6.07, 6.45) is 6.39. The molecule has 0 fully saturated rings.